The molecule has 0 radical (unpaired) electrons. The van der Waals surface area contributed by atoms with Crippen molar-refractivity contribution in [3.8, 4) is 5.69 Å². The van der Waals surface area contributed by atoms with E-state index in [-0.39, 0.29) is 18.1 Å². The van der Waals surface area contributed by atoms with Crippen LogP contribution in [0.1, 0.15) is 5.56 Å². The van der Waals surface area contributed by atoms with Crippen molar-refractivity contribution in [2.45, 2.75) is 6.42 Å². The van der Waals surface area contributed by atoms with Gasteiger partial charge in [-0.15, -0.1) is 5.10 Å². The predicted molar refractivity (Wildman–Crippen MR) is 82.9 cm³/mol. The summed E-state index contributed by atoms with van der Waals surface area (Å²) in [7, 11) is 0. The van der Waals surface area contributed by atoms with E-state index in [2.05, 4.69) is 20.8 Å². The molecule has 0 aliphatic rings. The zero-order valence-corrected chi connectivity index (χ0v) is 12.5. The number of halogens is 2. The van der Waals surface area contributed by atoms with E-state index in [0.29, 0.717) is 22.0 Å². The van der Waals surface area contributed by atoms with Gasteiger partial charge in [0.25, 0.3) is 0 Å². The van der Waals surface area contributed by atoms with Gasteiger partial charge in [-0.05, 0) is 46.3 Å². The Hall–Kier alpha value is -2.80. The summed E-state index contributed by atoms with van der Waals surface area (Å²) in [6.07, 6.45) is 1.55. The molecule has 1 aromatic heterocycles. The zero-order valence-electron chi connectivity index (χ0n) is 11.8. The van der Waals surface area contributed by atoms with Crippen molar-refractivity contribution >= 4 is 23.2 Å². The Morgan fingerprint density at radius 1 is 1.22 bits per heavy atom. The van der Waals surface area contributed by atoms with Crippen LogP contribution in [-0.4, -0.2) is 26.1 Å². The molecule has 0 saturated heterocycles. The van der Waals surface area contributed by atoms with Crippen molar-refractivity contribution in [1.82, 2.24) is 20.2 Å². The highest BCUT2D eigenvalue weighted by molar-refractivity contribution is 6.33. The number of hydrogen-bond donors (Lipinski definition) is 1. The van der Waals surface area contributed by atoms with E-state index in [9.17, 15) is 9.18 Å². The summed E-state index contributed by atoms with van der Waals surface area (Å²) in [5, 5.41) is 14.0. The standard InChI is InChI=1S/C15H11ClFN5O/c16-13-6-5-12(22-9-18-20-21-22)8-14(13)19-15(23)7-10-1-3-11(17)4-2-10/h1-6,8-9H,7H2,(H,19,23). The summed E-state index contributed by atoms with van der Waals surface area (Å²) in [6, 6.07) is 10.8. The Kier molecular flexibility index (Phi) is 4.29. The van der Waals surface area contributed by atoms with Gasteiger partial charge < -0.3 is 5.32 Å². The Bertz CT molecular complexity index is 820. The molecule has 0 aliphatic heterocycles. The average molecular weight is 332 g/mol. The van der Waals surface area contributed by atoms with Crippen LogP contribution in [0.5, 0.6) is 0 Å². The minimum absolute atomic E-state index is 0.117. The molecular weight excluding hydrogens is 321 g/mol. The highest BCUT2D eigenvalue weighted by Crippen LogP contribution is 2.24. The van der Waals surface area contributed by atoms with Crippen LogP contribution in [0, 0.1) is 5.82 Å². The molecule has 0 atom stereocenters. The summed E-state index contributed by atoms with van der Waals surface area (Å²) in [5.41, 5.74) is 1.82. The second kappa shape index (κ2) is 6.53. The van der Waals surface area contributed by atoms with Gasteiger partial charge in [0.15, 0.2) is 0 Å². The Morgan fingerprint density at radius 3 is 2.70 bits per heavy atom. The van der Waals surface area contributed by atoms with E-state index >= 15 is 0 Å². The summed E-state index contributed by atoms with van der Waals surface area (Å²) >= 11 is 6.10. The fraction of sp³-hybridized carbons (Fsp3) is 0.0667. The molecule has 1 amide bonds. The fourth-order valence-electron chi connectivity index (χ4n) is 2.01. The number of aromatic nitrogens is 4. The number of rotatable bonds is 4. The first-order chi connectivity index (χ1) is 11.1. The molecule has 2 aromatic carbocycles. The number of anilines is 1. The van der Waals surface area contributed by atoms with E-state index in [0.717, 1.165) is 0 Å². The first kappa shape index (κ1) is 15.1. The van der Waals surface area contributed by atoms with Gasteiger partial charge in [0.05, 0.1) is 22.8 Å². The number of carbonyl (C=O) groups excluding carboxylic acids is 1. The van der Waals surface area contributed by atoms with E-state index in [4.69, 9.17) is 11.6 Å². The first-order valence-corrected chi connectivity index (χ1v) is 7.07. The molecule has 1 heterocycles. The van der Waals surface area contributed by atoms with Crippen LogP contribution in [0.3, 0.4) is 0 Å². The van der Waals surface area contributed by atoms with E-state index < -0.39 is 0 Å². The summed E-state index contributed by atoms with van der Waals surface area (Å²) in [4.78, 5) is 12.1. The van der Waals surface area contributed by atoms with Gasteiger partial charge in [-0.25, -0.2) is 9.07 Å². The molecule has 0 spiro atoms. The molecule has 3 aromatic rings. The van der Waals surface area contributed by atoms with Crippen LogP contribution in [0.4, 0.5) is 10.1 Å². The Balaban J connectivity index is 1.75. The van der Waals surface area contributed by atoms with Crippen molar-refractivity contribution in [1.29, 1.82) is 0 Å². The van der Waals surface area contributed by atoms with E-state index in [1.807, 2.05) is 0 Å². The van der Waals surface area contributed by atoms with Crippen LogP contribution in [-0.2, 0) is 11.2 Å². The predicted octanol–water partition coefficient (Wildman–Crippen LogP) is 2.64. The highest BCUT2D eigenvalue weighted by atomic mass is 35.5. The summed E-state index contributed by atoms with van der Waals surface area (Å²) in [5.74, 6) is -0.598. The zero-order chi connectivity index (χ0) is 16.2. The summed E-state index contributed by atoms with van der Waals surface area (Å²) < 4.78 is 14.3. The minimum Gasteiger partial charge on any atom is -0.324 e. The van der Waals surface area contributed by atoms with Gasteiger partial charge in [-0.3, -0.25) is 4.79 Å². The number of nitrogens with one attached hydrogen (secondary N) is 1. The number of hydrogen-bond acceptors (Lipinski definition) is 4. The second-order valence-electron chi connectivity index (χ2n) is 4.77. The topological polar surface area (TPSA) is 72.7 Å². The number of carbonyl (C=O) groups is 1. The lowest BCUT2D eigenvalue weighted by Crippen LogP contribution is -2.15. The van der Waals surface area contributed by atoms with Crippen molar-refractivity contribution in [2.75, 3.05) is 5.32 Å². The number of nitrogens with zero attached hydrogens (tertiary/aromatic N) is 4. The number of benzene rings is 2. The normalized spacial score (nSPS) is 10.5. The van der Waals surface area contributed by atoms with Crippen molar-refractivity contribution in [3.05, 3.63) is 65.2 Å². The number of tetrazole rings is 1. The van der Waals surface area contributed by atoms with Crippen LogP contribution in [0.15, 0.2) is 48.8 Å². The van der Waals surface area contributed by atoms with E-state index in [1.54, 1.807) is 30.3 Å². The smallest absolute Gasteiger partial charge is 0.228 e. The lowest BCUT2D eigenvalue weighted by molar-refractivity contribution is -0.115. The Morgan fingerprint density at radius 2 is 2.00 bits per heavy atom. The van der Waals surface area contributed by atoms with Gasteiger partial charge in [0, 0.05) is 0 Å². The molecule has 0 saturated carbocycles. The maximum absolute atomic E-state index is 12.9. The molecule has 0 bridgehead atoms. The second-order valence-corrected chi connectivity index (χ2v) is 5.18. The maximum Gasteiger partial charge on any atom is 0.228 e. The lowest BCUT2D eigenvalue weighted by atomic mass is 10.1. The molecule has 23 heavy (non-hydrogen) atoms. The molecule has 0 aliphatic carbocycles. The monoisotopic (exact) mass is 331 g/mol. The molecule has 6 nitrogen and oxygen atoms in total. The van der Waals surface area contributed by atoms with Crippen molar-refractivity contribution in [3.63, 3.8) is 0 Å². The molecule has 3 rings (SSSR count). The third-order valence-electron chi connectivity index (χ3n) is 3.12. The van der Waals surface area contributed by atoms with Gasteiger partial charge in [-0.1, -0.05) is 23.7 Å². The Labute approximate surface area is 135 Å². The molecule has 0 fully saturated rings. The molecule has 0 unspecified atom stereocenters. The maximum atomic E-state index is 12.9. The highest BCUT2D eigenvalue weighted by Gasteiger charge is 2.09. The van der Waals surface area contributed by atoms with Crippen LogP contribution < -0.4 is 5.32 Å². The summed E-state index contributed by atoms with van der Waals surface area (Å²) in [6.45, 7) is 0. The average Bonchev–Trinajstić information content (AvgIpc) is 3.06. The fourth-order valence-corrected chi connectivity index (χ4v) is 2.18. The minimum atomic E-state index is -0.341. The van der Waals surface area contributed by atoms with Crippen LogP contribution >= 0.6 is 11.6 Å². The molecule has 1 N–H and O–H groups in total. The quantitative estimate of drug-likeness (QED) is 0.797. The van der Waals surface area contributed by atoms with Gasteiger partial charge >= 0.3 is 0 Å². The van der Waals surface area contributed by atoms with Gasteiger partial charge in [0.2, 0.25) is 5.91 Å². The van der Waals surface area contributed by atoms with Crippen LogP contribution in [0.25, 0.3) is 5.69 Å². The third-order valence-corrected chi connectivity index (χ3v) is 3.45. The molecule has 116 valence electrons. The number of amides is 1. The van der Waals surface area contributed by atoms with Crippen molar-refractivity contribution in [2.24, 2.45) is 0 Å². The van der Waals surface area contributed by atoms with Crippen molar-refractivity contribution < 1.29 is 9.18 Å². The first-order valence-electron chi connectivity index (χ1n) is 6.69. The molecule has 8 heteroatoms. The third kappa shape index (κ3) is 3.70. The largest absolute Gasteiger partial charge is 0.324 e. The van der Waals surface area contributed by atoms with Gasteiger partial charge in [0.1, 0.15) is 12.1 Å². The van der Waals surface area contributed by atoms with Gasteiger partial charge in [-0.2, -0.15) is 0 Å². The lowest BCUT2D eigenvalue weighted by Gasteiger charge is -2.09. The SMILES string of the molecule is O=C(Cc1ccc(F)cc1)Nc1cc(-n2cnnn2)ccc1Cl. The molecular formula is C15H11ClFN5O. The van der Waals surface area contributed by atoms with Crippen LogP contribution in [0.2, 0.25) is 5.02 Å². The van der Waals surface area contributed by atoms with E-state index in [1.165, 1.54) is 23.1 Å².